The van der Waals surface area contributed by atoms with E-state index in [0.717, 1.165) is 6.20 Å². The van der Waals surface area contributed by atoms with E-state index in [1.165, 1.54) is 12.1 Å². The first kappa shape index (κ1) is 10.7. The maximum atomic E-state index is 11.8. The molecule has 0 bridgehead atoms. The lowest BCUT2D eigenvalue weighted by Crippen LogP contribution is -1.98. The van der Waals surface area contributed by atoms with E-state index in [0.29, 0.717) is 0 Å². The highest BCUT2D eigenvalue weighted by Gasteiger charge is 2.29. The largest absolute Gasteiger partial charge is 0.446 e. The smallest absolute Gasteiger partial charge is 0.253 e. The Bertz CT molecular complexity index is 354. The zero-order chi connectivity index (χ0) is 10.6. The van der Waals surface area contributed by atoms with Crippen molar-refractivity contribution in [2.75, 3.05) is 0 Å². The van der Waals surface area contributed by atoms with Crippen LogP contribution in [0.1, 0.15) is 0 Å². The first-order valence-electron chi connectivity index (χ1n) is 3.28. The van der Waals surface area contributed by atoms with Gasteiger partial charge in [0.15, 0.2) is 0 Å². The molecule has 0 fully saturated rings. The van der Waals surface area contributed by atoms with Gasteiger partial charge in [0.1, 0.15) is 5.82 Å². The molecule has 1 rings (SSSR count). The molecule has 1 aromatic heterocycles. The quantitative estimate of drug-likeness (QED) is 0.330. The molecule has 0 spiro atoms. The van der Waals surface area contributed by atoms with Crippen LogP contribution in [0.2, 0.25) is 0 Å². The number of rotatable bonds is 2. The summed E-state index contributed by atoms with van der Waals surface area (Å²) >= 11 is -0.270. The predicted octanol–water partition coefficient (Wildman–Crippen LogP) is 3.64. The summed E-state index contributed by atoms with van der Waals surface area (Å²) in [5.74, 6) is 0.0408. The highest BCUT2D eigenvalue weighted by atomic mass is 32.2. The predicted molar refractivity (Wildman–Crippen MR) is 45.0 cm³/mol. The van der Waals surface area contributed by atoms with Crippen molar-refractivity contribution in [3.05, 3.63) is 28.8 Å². The van der Waals surface area contributed by atoms with Crippen LogP contribution in [-0.2, 0) is 0 Å². The lowest BCUT2D eigenvalue weighted by atomic mass is 10.5. The van der Waals surface area contributed by atoms with Crippen LogP contribution >= 0.6 is 11.8 Å². The van der Waals surface area contributed by atoms with Gasteiger partial charge in [0, 0.05) is 16.0 Å². The lowest BCUT2D eigenvalue weighted by Gasteiger charge is -2.04. The summed E-state index contributed by atoms with van der Waals surface area (Å²) in [6.07, 6.45) is 1.00. The molecule has 0 aromatic carbocycles. The lowest BCUT2D eigenvalue weighted by molar-refractivity contribution is -0.0328. The summed E-state index contributed by atoms with van der Waals surface area (Å²) in [5.41, 5.74) is 3.68. The van der Waals surface area contributed by atoms with Gasteiger partial charge >= 0.3 is 5.51 Å². The molecule has 1 heterocycles. The monoisotopic (exact) mass is 220 g/mol. The van der Waals surface area contributed by atoms with Gasteiger partial charge in [0.2, 0.25) is 0 Å². The molecule has 0 amide bonds. The Labute approximate surface area is 80.8 Å². The molecular weight excluding hydrogens is 217 g/mol. The van der Waals surface area contributed by atoms with Gasteiger partial charge in [-0.05, 0) is 34.5 Å². The van der Waals surface area contributed by atoms with E-state index in [2.05, 4.69) is 15.0 Å². The molecular formula is C6H3F3N4S. The Kier molecular flexibility index (Phi) is 3.21. The number of hydrogen-bond acceptors (Lipinski definition) is 3. The first-order chi connectivity index (χ1) is 6.51. The Morgan fingerprint density at radius 2 is 2.14 bits per heavy atom. The minimum Gasteiger partial charge on any atom is -0.253 e. The van der Waals surface area contributed by atoms with Crippen molar-refractivity contribution in [1.82, 2.24) is 4.98 Å². The third-order valence-electron chi connectivity index (χ3n) is 1.10. The number of pyridine rings is 1. The second-order valence-electron chi connectivity index (χ2n) is 2.09. The van der Waals surface area contributed by atoms with Crippen LogP contribution in [0.4, 0.5) is 19.0 Å². The molecule has 0 N–H and O–H groups in total. The Hall–Kier alpha value is -1.40. The molecule has 74 valence electrons. The number of azide groups is 1. The molecule has 4 nitrogen and oxygen atoms in total. The molecule has 0 aliphatic rings. The van der Waals surface area contributed by atoms with E-state index < -0.39 is 5.51 Å². The fraction of sp³-hybridized carbons (Fsp3) is 0.167. The summed E-state index contributed by atoms with van der Waals surface area (Å²) in [6.45, 7) is 0. The third-order valence-corrected chi connectivity index (χ3v) is 1.81. The maximum absolute atomic E-state index is 11.8. The fourth-order valence-corrected chi connectivity index (χ4v) is 1.18. The molecule has 0 radical (unpaired) electrons. The summed E-state index contributed by atoms with van der Waals surface area (Å²) in [4.78, 5) is 5.91. The van der Waals surface area contributed by atoms with E-state index in [9.17, 15) is 13.2 Å². The highest BCUT2D eigenvalue weighted by molar-refractivity contribution is 8.00. The van der Waals surface area contributed by atoms with Gasteiger partial charge in [-0.15, -0.1) is 0 Å². The topological polar surface area (TPSA) is 61.7 Å². The zero-order valence-corrected chi connectivity index (χ0v) is 7.38. The van der Waals surface area contributed by atoms with Crippen molar-refractivity contribution in [2.24, 2.45) is 5.11 Å². The number of thioether (sulfide) groups is 1. The second kappa shape index (κ2) is 4.21. The Morgan fingerprint density at radius 1 is 1.43 bits per heavy atom. The molecule has 0 aliphatic heterocycles. The summed E-state index contributed by atoms with van der Waals surface area (Å²) in [5, 5.41) is 3.12. The van der Waals surface area contributed by atoms with Crippen LogP contribution in [0.15, 0.2) is 28.3 Å². The van der Waals surface area contributed by atoms with E-state index in [1.807, 2.05) is 0 Å². The van der Waals surface area contributed by atoms with Gasteiger partial charge in [-0.1, -0.05) is 0 Å². The van der Waals surface area contributed by atoms with E-state index in [4.69, 9.17) is 5.53 Å². The highest BCUT2D eigenvalue weighted by Crippen LogP contribution is 2.36. The molecule has 0 unspecified atom stereocenters. The van der Waals surface area contributed by atoms with Crippen molar-refractivity contribution in [3.63, 3.8) is 0 Å². The van der Waals surface area contributed by atoms with Crippen LogP contribution in [0.3, 0.4) is 0 Å². The Morgan fingerprint density at radius 3 is 2.57 bits per heavy atom. The molecule has 0 aliphatic carbocycles. The molecule has 0 saturated carbocycles. The van der Waals surface area contributed by atoms with Crippen molar-refractivity contribution in [2.45, 2.75) is 10.4 Å². The van der Waals surface area contributed by atoms with Crippen molar-refractivity contribution >= 4 is 17.6 Å². The van der Waals surface area contributed by atoms with Crippen LogP contribution in [0, 0.1) is 0 Å². The fourth-order valence-electron chi connectivity index (χ4n) is 0.671. The summed E-state index contributed by atoms with van der Waals surface area (Å²) in [6, 6.07) is 2.41. The zero-order valence-electron chi connectivity index (χ0n) is 6.56. The minimum atomic E-state index is -4.33. The Balaban J connectivity index is 2.78. The average Bonchev–Trinajstić information content (AvgIpc) is 2.06. The van der Waals surface area contributed by atoms with E-state index >= 15 is 0 Å². The molecule has 0 saturated heterocycles. The van der Waals surface area contributed by atoms with Crippen LogP contribution in [0.5, 0.6) is 0 Å². The van der Waals surface area contributed by atoms with Gasteiger partial charge < -0.3 is 0 Å². The van der Waals surface area contributed by atoms with Crippen molar-refractivity contribution < 1.29 is 13.2 Å². The molecule has 8 heteroatoms. The van der Waals surface area contributed by atoms with E-state index in [1.54, 1.807) is 0 Å². The standard InChI is InChI=1S/C6H3F3N4S/c7-6(8,9)14-4-1-2-5(11-3-4)12-13-10/h1-3H. The number of alkyl halides is 3. The minimum absolute atomic E-state index is 0.0408. The number of nitrogens with zero attached hydrogens (tertiary/aromatic N) is 4. The van der Waals surface area contributed by atoms with Gasteiger partial charge in [-0.3, -0.25) is 4.98 Å². The number of hydrogen-bond donors (Lipinski definition) is 0. The van der Waals surface area contributed by atoms with Crippen molar-refractivity contribution in [1.29, 1.82) is 0 Å². The van der Waals surface area contributed by atoms with Gasteiger partial charge in [-0.2, -0.15) is 13.2 Å². The normalized spacial score (nSPS) is 10.8. The number of aromatic nitrogens is 1. The van der Waals surface area contributed by atoms with Crippen LogP contribution < -0.4 is 0 Å². The molecule has 1 aromatic rings. The van der Waals surface area contributed by atoms with Gasteiger partial charge in [0.05, 0.1) is 0 Å². The van der Waals surface area contributed by atoms with Gasteiger partial charge in [0.25, 0.3) is 0 Å². The maximum Gasteiger partial charge on any atom is 0.446 e. The van der Waals surface area contributed by atoms with Crippen molar-refractivity contribution in [3.8, 4) is 0 Å². The van der Waals surface area contributed by atoms with E-state index in [-0.39, 0.29) is 22.5 Å². The molecule has 0 atom stereocenters. The van der Waals surface area contributed by atoms with Crippen LogP contribution in [-0.4, -0.2) is 10.5 Å². The average molecular weight is 220 g/mol. The second-order valence-corrected chi connectivity index (χ2v) is 3.23. The third kappa shape index (κ3) is 3.55. The summed E-state index contributed by atoms with van der Waals surface area (Å²) in [7, 11) is 0. The SMILES string of the molecule is [N-]=[N+]=Nc1ccc(SC(F)(F)F)cn1. The number of halogens is 3. The molecule has 14 heavy (non-hydrogen) atoms. The van der Waals surface area contributed by atoms with Gasteiger partial charge in [-0.25, -0.2) is 0 Å². The van der Waals surface area contributed by atoms with Crippen LogP contribution in [0.25, 0.3) is 10.4 Å². The first-order valence-corrected chi connectivity index (χ1v) is 4.10. The summed E-state index contributed by atoms with van der Waals surface area (Å²) < 4.78 is 35.5.